The van der Waals surface area contributed by atoms with Crippen LogP contribution in [0.4, 0.5) is 17.5 Å². The Morgan fingerprint density at radius 2 is 1.76 bits per heavy atom. The van der Waals surface area contributed by atoms with E-state index < -0.39 is 4.92 Å². The molecule has 8 nitrogen and oxygen atoms in total. The number of hydrogen-bond donors (Lipinski definition) is 3. The average molecular weight is 293 g/mol. The smallest absolute Gasteiger partial charge is 0.329 e. The molecule has 21 heavy (non-hydrogen) atoms. The third-order valence-electron chi connectivity index (χ3n) is 3.91. The van der Waals surface area contributed by atoms with Crippen LogP contribution < -0.4 is 10.6 Å². The number of rotatable bonds is 5. The zero-order valence-corrected chi connectivity index (χ0v) is 11.7. The summed E-state index contributed by atoms with van der Waals surface area (Å²) in [6.07, 6.45) is 6.30. The molecule has 0 atom stereocenters. The third-order valence-corrected chi connectivity index (χ3v) is 3.91. The first kappa shape index (κ1) is 14.0. The molecule has 0 amide bonds. The van der Waals surface area contributed by atoms with Gasteiger partial charge >= 0.3 is 5.69 Å². The van der Waals surface area contributed by atoms with Crippen LogP contribution in [0.5, 0.6) is 0 Å². The van der Waals surface area contributed by atoms with E-state index in [0.717, 1.165) is 38.5 Å². The van der Waals surface area contributed by atoms with Crippen LogP contribution in [0.3, 0.4) is 0 Å². The Labute approximate surface area is 122 Å². The van der Waals surface area contributed by atoms with Crippen LogP contribution in [0.1, 0.15) is 38.5 Å². The summed E-state index contributed by atoms with van der Waals surface area (Å²) in [5, 5.41) is 26.8. The van der Waals surface area contributed by atoms with Gasteiger partial charge in [0.1, 0.15) is 6.20 Å². The normalized spacial score (nSPS) is 25.4. The number of anilines is 2. The summed E-state index contributed by atoms with van der Waals surface area (Å²) in [6.45, 7) is 0. The van der Waals surface area contributed by atoms with E-state index in [1.165, 1.54) is 6.20 Å². The van der Waals surface area contributed by atoms with Crippen LogP contribution in [0.2, 0.25) is 0 Å². The molecule has 0 radical (unpaired) electrons. The lowest BCUT2D eigenvalue weighted by Crippen LogP contribution is -2.29. The lowest BCUT2D eigenvalue weighted by molar-refractivity contribution is -0.384. The maximum absolute atomic E-state index is 11.0. The summed E-state index contributed by atoms with van der Waals surface area (Å²) >= 11 is 0. The van der Waals surface area contributed by atoms with E-state index >= 15 is 0 Å². The van der Waals surface area contributed by atoms with Crippen molar-refractivity contribution in [3.8, 4) is 0 Å². The quantitative estimate of drug-likeness (QED) is 0.559. The summed E-state index contributed by atoms with van der Waals surface area (Å²) in [6, 6.07) is 0.500. The fraction of sp³-hybridized carbons (Fsp3) is 0.692. The monoisotopic (exact) mass is 293 g/mol. The first-order valence-corrected chi connectivity index (χ1v) is 7.34. The van der Waals surface area contributed by atoms with Crippen molar-refractivity contribution in [3.05, 3.63) is 16.3 Å². The van der Waals surface area contributed by atoms with Gasteiger partial charge in [-0.25, -0.2) is 4.98 Å². The van der Waals surface area contributed by atoms with Gasteiger partial charge in [0.15, 0.2) is 0 Å². The fourth-order valence-corrected chi connectivity index (χ4v) is 2.51. The number of aromatic nitrogens is 2. The molecule has 3 rings (SSSR count). The van der Waals surface area contributed by atoms with Crippen molar-refractivity contribution in [1.29, 1.82) is 0 Å². The highest BCUT2D eigenvalue weighted by Crippen LogP contribution is 2.30. The number of nitrogens with one attached hydrogen (secondary N) is 2. The Bertz CT molecular complexity index is 527. The molecule has 2 aliphatic rings. The van der Waals surface area contributed by atoms with Gasteiger partial charge in [-0.15, -0.1) is 0 Å². The Balaban J connectivity index is 1.71. The molecule has 0 unspecified atom stereocenters. The van der Waals surface area contributed by atoms with Crippen LogP contribution >= 0.6 is 0 Å². The molecule has 1 heterocycles. The van der Waals surface area contributed by atoms with Crippen LogP contribution in [-0.4, -0.2) is 38.2 Å². The molecular weight excluding hydrogens is 274 g/mol. The second-order valence-corrected chi connectivity index (χ2v) is 5.75. The standard InChI is InChI=1S/C13H19N5O3/c19-10-5-3-9(4-6-10)16-13-14-7-11(18(20)21)12(17-13)15-8-1-2-8/h7-10,19H,1-6H2,(H2,14,15,16,17). The lowest BCUT2D eigenvalue weighted by atomic mass is 9.93. The molecule has 8 heteroatoms. The first-order chi connectivity index (χ1) is 10.1. The minimum atomic E-state index is -0.467. The van der Waals surface area contributed by atoms with Gasteiger partial charge in [-0.1, -0.05) is 0 Å². The second kappa shape index (κ2) is 5.80. The number of nitrogens with zero attached hydrogens (tertiary/aromatic N) is 3. The summed E-state index contributed by atoms with van der Waals surface area (Å²) in [5.74, 6) is 0.695. The van der Waals surface area contributed by atoms with Gasteiger partial charge in [0.05, 0.1) is 11.0 Å². The average Bonchev–Trinajstić information content (AvgIpc) is 3.25. The lowest BCUT2D eigenvalue weighted by Gasteiger charge is -2.26. The van der Waals surface area contributed by atoms with Gasteiger partial charge in [0, 0.05) is 12.1 Å². The molecule has 1 aromatic rings. The zero-order valence-electron chi connectivity index (χ0n) is 11.7. The summed E-state index contributed by atoms with van der Waals surface area (Å²) in [5.41, 5.74) is -0.0912. The topological polar surface area (TPSA) is 113 Å². The zero-order chi connectivity index (χ0) is 14.8. The highest BCUT2D eigenvalue weighted by atomic mass is 16.6. The molecule has 0 aromatic carbocycles. The van der Waals surface area contributed by atoms with Crippen LogP contribution in [0, 0.1) is 10.1 Å². The van der Waals surface area contributed by atoms with Crippen molar-refractivity contribution < 1.29 is 10.0 Å². The Kier molecular flexibility index (Phi) is 3.87. The van der Waals surface area contributed by atoms with Crippen LogP contribution in [-0.2, 0) is 0 Å². The van der Waals surface area contributed by atoms with Crippen LogP contribution in [0.25, 0.3) is 0 Å². The molecule has 2 aliphatic carbocycles. The summed E-state index contributed by atoms with van der Waals surface area (Å²) in [4.78, 5) is 18.8. The van der Waals surface area contributed by atoms with Gasteiger partial charge < -0.3 is 15.7 Å². The summed E-state index contributed by atoms with van der Waals surface area (Å²) < 4.78 is 0. The SMILES string of the molecule is O=[N+]([O-])c1cnc(NC2CCC(O)CC2)nc1NC1CC1. The molecular formula is C13H19N5O3. The van der Waals surface area contributed by atoms with E-state index in [0.29, 0.717) is 5.95 Å². The molecule has 0 bridgehead atoms. The van der Waals surface area contributed by atoms with Gasteiger partial charge in [-0.3, -0.25) is 10.1 Å². The third kappa shape index (κ3) is 3.57. The van der Waals surface area contributed by atoms with Crippen molar-refractivity contribution in [2.24, 2.45) is 0 Å². The maximum Gasteiger partial charge on any atom is 0.329 e. The van der Waals surface area contributed by atoms with Gasteiger partial charge in [-0.2, -0.15) is 4.98 Å². The first-order valence-electron chi connectivity index (χ1n) is 7.34. The molecule has 0 saturated heterocycles. The number of hydrogen-bond acceptors (Lipinski definition) is 7. The Morgan fingerprint density at radius 3 is 2.38 bits per heavy atom. The van der Waals surface area contributed by atoms with Gasteiger partial charge in [0.25, 0.3) is 0 Å². The number of aliphatic hydroxyl groups is 1. The second-order valence-electron chi connectivity index (χ2n) is 5.75. The molecule has 0 aliphatic heterocycles. The highest BCUT2D eigenvalue weighted by molar-refractivity contribution is 5.58. The number of nitro groups is 1. The largest absolute Gasteiger partial charge is 0.393 e. The molecule has 2 fully saturated rings. The van der Waals surface area contributed by atoms with Crippen molar-refractivity contribution in [2.75, 3.05) is 10.6 Å². The van der Waals surface area contributed by atoms with E-state index in [9.17, 15) is 15.2 Å². The Hall–Kier alpha value is -1.96. The molecule has 0 spiro atoms. The van der Waals surface area contributed by atoms with Crippen LogP contribution in [0.15, 0.2) is 6.20 Å². The minimum absolute atomic E-state index is 0.0912. The van der Waals surface area contributed by atoms with E-state index in [1.54, 1.807) is 0 Å². The molecule has 3 N–H and O–H groups in total. The van der Waals surface area contributed by atoms with Crippen molar-refractivity contribution in [3.63, 3.8) is 0 Å². The predicted octanol–water partition coefficient (Wildman–Crippen LogP) is 1.67. The maximum atomic E-state index is 11.0. The van der Waals surface area contributed by atoms with Gasteiger partial charge in [-0.05, 0) is 38.5 Å². The van der Waals surface area contributed by atoms with Crippen molar-refractivity contribution >= 4 is 17.5 Å². The fourth-order valence-electron chi connectivity index (χ4n) is 2.51. The molecule has 2 saturated carbocycles. The van der Waals surface area contributed by atoms with E-state index in [4.69, 9.17) is 0 Å². The van der Waals surface area contributed by atoms with Crippen molar-refractivity contribution in [1.82, 2.24) is 9.97 Å². The Morgan fingerprint density at radius 1 is 1.14 bits per heavy atom. The molecule has 1 aromatic heterocycles. The summed E-state index contributed by atoms with van der Waals surface area (Å²) in [7, 11) is 0. The number of aliphatic hydroxyl groups excluding tert-OH is 1. The van der Waals surface area contributed by atoms with E-state index in [1.807, 2.05) is 0 Å². The van der Waals surface area contributed by atoms with Gasteiger partial charge in [0.2, 0.25) is 11.8 Å². The predicted molar refractivity (Wildman–Crippen MR) is 77.2 cm³/mol. The van der Waals surface area contributed by atoms with Crippen molar-refractivity contribution in [2.45, 2.75) is 56.7 Å². The van der Waals surface area contributed by atoms with E-state index in [-0.39, 0.29) is 29.7 Å². The molecule has 114 valence electrons. The van der Waals surface area contributed by atoms with E-state index in [2.05, 4.69) is 20.6 Å². The minimum Gasteiger partial charge on any atom is -0.393 e. The highest BCUT2D eigenvalue weighted by Gasteiger charge is 2.27.